The van der Waals surface area contributed by atoms with E-state index in [4.69, 9.17) is 9.29 Å². The number of nitrogens with one attached hydrogen (secondary N) is 1. The number of hydrogen-bond donors (Lipinski definition) is 5. The monoisotopic (exact) mass is 389 g/mol. The van der Waals surface area contributed by atoms with Gasteiger partial charge in [-0.1, -0.05) is 0 Å². The van der Waals surface area contributed by atoms with Gasteiger partial charge in [-0.15, -0.1) is 0 Å². The van der Waals surface area contributed by atoms with Crippen molar-refractivity contribution in [3.05, 3.63) is 12.7 Å². The summed E-state index contributed by atoms with van der Waals surface area (Å²) in [5.41, 5.74) is 0.684. The number of ether oxygens (including phenoxy) is 1. The molecule has 1 saturated heterocycles. The van der Waals surface area contributed by atoms with E-state index in [0.717, 1.165) is 0 Å². The minimum absolute atomic E-state index is 0.167. The highest BCUT2D eigenvalue weighted by atomic mass is 32.2. The largest absolute Gasteiger partial charge is 0.394 e. The first kappa shape index (κ1) is 18.9. The number of nitrogens with zero attached hydrogens (tertiary/aromatic N) is 4. The van der Waals surface area contributed by atoms with E-state index >= 15 is 0 Å². The Morgan fingerprint density at radius 2 is 2.00 bits per heavy atom. The van der Waals surface area contributed by atoms with Gasteiger partial charge in [0.05, 0.1) is 18.7 Å². The molecule has 0 aromatic carbocycles. The van der Waals surface area contributed by atoms with Crippen molar-refractivity contribution in [3.8, 4) is 0 Å². The zero-order valence-corrected chi connectivity index (χ0v) is 14.3. The van der Waals surface area contributed by atoms with Crippen LogP contribution >= 0.6 is 0 Å². The maximum absolute atomic E-state index is 10.7. The Morgan fingerprint density at radius 3 is 2.65 bits per heavy atom. The van der Waals surface area contributed by atoms with Crippen molar-refractivity contribution in [1.82, 2.24) is 19.5 Å². The van der Waals surface area contributed by atoms with Crippen LogP contribution in [0.2, 0.25) is 0 Å². The van der Waals surface area contributed by atoms with Gasteiger partial charge < -0.3 is 25.4 Å². The molecular formula is C13H19N5O7S. The highest BCUT2D eigenvalue weighted by Gasteiger charge is 2.44. The molecule has 3 heterocycles. The van der Waals surface area contributed by atoms with Gasteiger partial charge in [-0.2, -0.15) is 8.42 Å². The number of aliphatic hydroxyl groups is 3. The molecule has 4 atom stereocenters. The van der Waals surface area contributed by atoms with Crippen molar-refractivity contribution in [1.29, 1.82) is 0 Å². The summed E-state index contributed by atoms with van der Waals surface area (Å²) in [5.74, 6) is -0.0404. The van der Waals surface area contributed by atoms with Gasteiger partial charge >= 0.3 is 0 Å². The number of fused-ring (bicyclic) bond motifs is 1. The highest BCUT2D eigenvalue weighted by Crippen LogP contribution is 2.31. The number of hydrogen-bond acceptors (Lipinski definition) is 10. The third-order valence-corrected chi connectivity index (χ3v) is 4.83. The average Bonchev–Trinajstić information content (AvgIpc) is 3.13. The Morgan fingerprint density at radius 1 is 1.23 bits per heavy atom. The zero-order valence-electron chi connectivity index (χ0n) is 13.5. The van der Waals surface area contributed by atoms with Crippen molar-refractivity contribution in [3.63, 3.8) is 0 Å². The zero-order chi connectivity index (χ0) is 18.9. The van der Waals surface area contributed by atoms with Crippen molar-refractivity contribution in [2.45, 2.75) is 31.0 Å². The summed E-state index contributed by atoms with van der Waals surface area (Å²) < 4.78 is 37.1. The maximum atomic E-state index is 10.7. The molecule has 26 heavy (non-hydrogen) atoms. The average molecular weight is 389 g/mol. The van der Waals surface area contributed by atoms with Gasteiger partial charge in [-0.3, -0.25) is 9.12 Å². The predicted octanol–water partition coefficient (Wildman–Crippen LogP) is -1.87. The van der Waals surface area contributed by atoms with Crippen molar-refractivity contribution in [2.24, 2.45) is 0 Å². The van der Waals surface area contributed by atoms with Crippen molar-refractivity contribution in [2.75, 3.05) is 24.2 Å². The predicted molar refractivity (Wildman–Crippen MR) is 87.9 cm³/mol. The van der Waals surface area contributed by atoms with Crippen LogP contribution in [0, 0.1) is 0 Å². The van der Waals surface area contributed by atoms with E-state index in [0.29, 0.717) is 17.0 Å². The fourth-order valence-corrected chi connectivity index (χ4v) is 3.25. The number of rotatable bonds is 7. The first-order valence-electron chi connectivity index (χ1n) is 7.81. The number of imidazole rings is 1. The van der Waals surface area contributed by atoms with E-state index in [1.54, 1.807) is 0 Å². The molecule has 5 N–H and O–H groups in total. The lowest BCUT2D eigenvalue weighted by atomic mass is 10.1. The summed E-state index contributed by atoms with van der Waals surface area (Å²) in [6.45, 7) is -0.219. The Balaban J connectivity index is 1.79. The summed E-state index contributed by atoms with van der Waals surface area (Å²) in [7, 11) is -4.03. The van der Waals surface area contributed by atoms with Crippen LogP contribution in [0.15, 0.2) is 12.7 Å². The number of anilines is 1. The van der Waals surface area contributed by atoms with Gasteiger partial charge in [0.2, 0.25) is 0 Å². The highest BCUT2D eigenvalue weighted by molar-refractivity contribution is 7.85. The standard InChI is InChI=1S/C13H19N5O7S/c19-4-7-9(20)10(21)13(25-7)18-6-17-8-11(15-5-16-12(8)18)14-2-1-3-26(22,23)24/h5-7,9-10,13,19-21H,1-4H2,(H,14,15,16)(H,22,23,24). The van der Waals surface area contributed by atoms with Gasteiger partial charge in [0.1, 0.15) is 24.6 Å². The van der Waals surface area contributed by atoms with Crippen LogP contribution in [0.25, 0.3) is 11.2 Å². The Kier molecular flexibility index (Phi) is 5.36. The molecule has 0 amide bonds. The van der Waals surface area contributed by atoms with Gasteiger partial charge in [0, 0.05) is 6.54 Å². The fraction of sp³-hybridized carbons (Fsp3) is 0.615. The van der Waals surface area contributed by atoms with Crippen molar-refractivity contribution >= 4 is 27.1 Å². The molecule has 0 radical (unpaired) electrons. The second kappa shape index (κ2) is 7.38. The molecule has 1 fully saturated rings. The van der Waals surface area contributed by atoms with Gasteiger partial charge in [0.15, 0.2) is 23.2 Å². The maximum Gasteiger partial charge on any atom is 0.264 e. The molecular weight excluding hydrogens is 370 g/mol. The Hall–Kier alpha value is -1.90. The van der Waals surface area contributed by atoms with E-state index in [9.17, 15) is 23.7 Å². The van der Waals surface area contributed by atoms with Gasteiger partial charge in [-0.25, -0.2) is 15.0 Å². The van der Waals surface area contributed by atoms with Crippen molar-refractivity contribution < 1.29 is 33.0 Å². The summed E-state index contributed by atoms with van der Waals surface area (Å²) in [6, 6.07) is 0. The summed E-state index contributed by atoms with van der Waals surface area (Å²) in [6.07, 6.45) is -1.63. The van der Waals surface area contributed by atoms with Crippen LogP contribution in [0.5, 0.6) is 0 Å². The van der Waals surface area contributed by atoms with Crippen LogP contribution in [-0.2, 0) is 14.9 Å². The molecule has 0 aliphatic carbocycles. The normalized spacial score (nSPS) is 26.5. The smallest absolute Gasteiger partial charge is 0.264 e. The van der Waals surface area contributed by atoms with Gasteiger partial charge in [0.25, 0.3) is 10.1 Å². The molecule has 0 bridgehead atoms. The minimum atomic E-state index is -4.03. The minimum Gasteiger partial charge on any atom is -0.394 e. The second-order valence-corrected chi connectivity index (χ2v) is 7.41. The third kappa shape index (κ3) is 3.77. The first-order chi connectivity index (χ1) is 12.3. The van der Waals surface area contributed by atoms with Crippen LogP contribution in [0.1, 0.15) is 12.6 Å². The van der Waals surface area contributed by atoms with E-state index in [-0.39, 0.29) is 18.7 Å². The molecule has 2 aromatic heterocycles. The first-order valence-corrected chi connectivity index (χ1v) is 9.42. The lowest BCUT2D eigenvalue weighted by molar-refractivity contribution is -0.0511. The molecule has 13 heteroatoms. The van der Waals surface area contributed by atoms with E-state index in [2.05, 4.69) is 20.3 Å². The summed E-state index contributed by atoms with van der Waals surface area (Å²) in [4.78, 5) is 12.3. The van der Waals surface area contributed by atoms with Crippen LogP contribution in [0.4, 0.5) is 5.82 Å². The fourth-order valence-electron chi connectivity index (χ4n) is 2.74. The van der Waals surface area contributed by atoms with E-state index in [1.807, 2.05) is 0 Å². The van der Waals surface area contributed by atoms with Gasteiger partial charge in [-0.05, 0) is 6.42 Å². The Labute approximate surface area is 148 Å². The van der Waals surface area contributed by atoms with E-state index < -0.39 is 41.3 Å². The number of aliphatic hydroxyl groups excluding tert-OH is 3. The molecule has 0 spiro atoms. The molecule has 0 saturated carbocycles. The van der Waals surface area contributed by atoms with Crippen LogP contribution in [0.3, 0.4) is 0 Å². The lowest BCUT2D eigenvalue weighted by Crippen LogP contribution is -2.33. The second-order valence-electron chi connectivity index (χ2n) is 5.84. The SMILES string of the molecule is O=S(=O)(O)CCCNc1ncnc2c1ncn2C1OC(CO)C(O)C1O. The molecule has 12 nitrogen and oxygen atoms in total. The topological polar surface area (TPSA) is 180 Å². The quantitative estimate of drug-likeness (QED) is 0.264. The lowest BCUT2D eigenvalue weighted by Gasteiger charge is -2.16. The molecule has 1 aliphatic heterocycles. The summed E-state index contributed by atoms with van der Waals surface area (Å²) in [5, 5.41) is 32.1. The molecule has 144 valence electrons. The van der Waals surface area contributed by atoms with Crippen LogP contribution < -0.4 is 5.32 Å². The van der Waals surface area contributed by atoms with E-state index in [1.165, 1.54) is 17.2 Å². The summed E-state index contributed by atoms with van der Waals surface area (Å²) >= 11 is 0. The third-order valence-electron chi connectivity index (χ3n) is 4.02. The Bertz CT molecular complexity index is 873. The number of aromatic nitrogens is 4. The molecule has 4 unspecified atom stereocenters. The molecule has 3 rings (SSSR count). The van der Waals surface area contributed by atoms with Crippen LogP contribution in [-0.4, -0.2) is 85.0 Å². The molecule has 2 aromatic rings. The molecule has 1 aliphatic rings.